The molecule has 8 heteroatoms. The number of sulfonamides is 1. The lowest BCUT2D eigenvalue weighted by Crippen LogP contribution is -2.66. The zero-order valence-corrected chi connectivity index (χ0v) is 12.5. The maximum Gasteiger partial charge on any atom is 0.259 e. The molecule has 1 aliphatic heterocycles. The monoisotopic (exact) mass is 316 g/mol. The van der Waals surface area contributed by atoms with Crippen LogP contribution in [0.15, 0.2) is 18.2 Å². The normalized spacial score (nSPS) is 19.6. The molecule has 0 bridgehead atoms. The van der Waals surface area contributed by atoms with E-state index in [9.17, 15) is 17.6 Å². The summed E-state index contributed by atoms with van der Waals surface area (Å²) in [6, 6.07) is 3.78. The first-order valence-electron chi connectivity index (χ1n) is 5.73. The Morgan fingerprint density at radius 3 is 2.50 bits per heavy atom. The number of hydrogen-bond donors (Lipinski definition) is 1. The molecule has 108 valence electrons. The fraction of sp³-hybridized carbons (Fsp3) is 0.333. The van der Waals surface area contributed by atoms with Crippen molar-refractivity contribution in [1.29, 1.82) is 0 Å². The van der Waals surface area contributed by atoms with E-state index >= 15 is 0 Å². The third-order valence-electron chi connectivity index (χ3n) is 3.24. The van der Waals surface area contributed by atoms with Crippen LogP contribution in [0, 0.1) is 5.82 Å². The summed E-state index contributed by atoms with van der Waals surface area (Å²) in [6.07, 6.45) is 0. The Morgan fingerprint density at radius 2 is 2.00 bits per heavy atom. The third-order valence-corrected chi connectivity index (χ3v) is 5.82. The zero-order valence-electron chi connectivity index (χ0n) is 10.9. The van der Waals surface area contributed by atoms with E-state index in [2.05, 4.69) is 0 Å². The molecule has 0 atom stereocenters. The predicted molar refractivity (Wildman–Crippen MR) is 75.8 cm³/mol. The van der Waals surface area contributed by atoms with E-state index in [1.165, 1.54) is 19.9 Å². The van der Waals surface area contributed by atoms with E-state index in [-0.39, 0.29) is 11.5 Å². The van der Waals surface area contributed by atoms with Crippen molar-refractivity contribution in [2.24, 2.45) is 5.73 Å². The first-order chi connectivity index (χ1) is 9.07. The van der Waals surface area contributed by atoms with Gasteiger partial charge in [0.1, 0.15) is 10.8 Å². The Balaban J connectivity index is 2.33. The van der Waals surface area contributed by atoms with Gasteiger partial charge in [0, 0.05) is 5.56 Å². The van der Waals surface area contributed by atoms with Gasteiger partial charge in [-0.1, -0.05) is 12.2 Å². The lowest BCUT2D eigenvalue weighted by Gasteiger charge is -2.43. The average Bonchev–Trinajstić information content (AvgIpc) is 2.34. The van der Waals surface area contributed by atoms with E-state index < -0.39 is 26.5 Å². The minimum atomic E-state index is -3.70. The SMILES string of the molecule is CC1(C)C(=O)N(Cc2cc(F)cc(C(N)=S)c2)S1(=O)=O. The van der Waals surface area contributed by atoms with E-state index in [0.717, 1.165) is 16.4 Å². The molecular formula is C12H13FN2O3S2. The molecule has 1 fully saturated rings. The number of rotatable bonds is 3. The highest BCUT2D eigenvalue weighted by Crippen LogP contribution is 2.36. The first-order valence-corrected chi connectivity index (χ1v) is 7.58. The standard InChI is InChI=1S/C12H13FN2O3S2/c1-12(2)11(16)15(20(12,17)18)6-7-3-8(10(14)19)5-9(13)4-7/h3-5H,6H2,1-2H3,(H2,14,19). The molecule has 0 aliphatic carbocycles. The largest absolute Gasteiger partial charge is 0.389 e. The molecule has 1 aromatic carbocycles. The van der Waals surface area contributed by atoms with Crippen LogP contribution in [-0.2, 0) is 21.4 Å². The number of nitrogens with zero attached hydrogens (tertiary/aromatic N) is 1. The van der Waals surface area contributed by atoms with Gasteiger partial charge in [0.2, 0.25) is 0 Å². The summed E-state index contributed by atoms with van der Waals surface area (Å²) in [4.78, 5) is 11.8. The molecule has 0 radical (unpaired) electrons. The van der Waals surface area contributed by atoms with Crippen LogP contribution in [0.25, 0.3) is 0 Å². The van der Waals surface area contributed by atoms with Gasteiger partial charge in [0.25, 0.3) is 15.9 Å². The summed E-state index contributed by atoms with van der Waals surface area (Å²) in [7, 11) is -3.70. The highest BCUT2D eigenvalue weighted by molar-refractivity contribution is 7.94. The van der Waals surface area contributed by atoms with Gasteiger partial charge >= 0.3 is 0 Å². The summed E-state index contributed by atoms with van der Waals surface area (Å²) in [5.41, 5.74) is 6.03. The smallest absolute Gasteiger partial charge is 0.259 e. The Labute approximate surface area is 121 Å². The molecule has 2 rings (SSSR count). The number of halogens is 1. The second-order valence-corrected chi connectivity index (χ2v) is 7.89. The maximum absolute atomic E-state index is 13.4. The van der Waals surface area contributed by atoms with Gasteiger partial charge in [-0.15, -0.1) is 0 Å². The Bertz CT molecular complexity index is 713. The zero-order chi connectivity index (χ0) is 15.3. The van der Waals surface area contributed by atoms with Crippen LogP contribution >= 0.6 is 12.2 Å². The second-order valence-electron chi connectivity index (χ2n) is 5.04. The van der Waals surface area contributed by atoms with E-state index in [1.54, 1.807) is 0 Å². The van der Waals surface area contributed by atoms with Crippen molar-refractivity contribution < 1.29 is 17.6 Å². The topological polar surface area (TPSA) is 80.5 Å². The second kappa shape index (κ2) is 4.49. The van der Waals surface area contributed by atoms with Crippen LogP contribution in [0.5, 0.6) is 0 Å². The molecule has 1 aromatic rings. The predicted octanol–water partition coefficient (Wildman–Crippen LogP) is 0.911. The van der Waals surface area contributed by atoms with Crippen molar-refractivity contribution in [3.8, 4) is 0 Å². The van der Waals surface area contributed by atoms with Gasteiger partial charge < -0.3 is 5.73 Å². The highest BCUT2D eigenvalue weighted by Gasteiger charge is 2.59. The third kappa shape index (κ3) is 2.08. The summed E-state index contributed by atoms with van der Waals surface area (Å²) < 4.78 is 36.6. The molecule has 1 heterocycles. The molecule has 0 unspecified atom stereocenters. The van der Waals surface area contributed by atoms with Crippen molar-refractivity contribution >= 4 is 33.1 Å². The summed E-state index contributed by atoms with van der Waals surface area (Å²) in [6.45, 7) is 2.46. The van der Waals surface area contributed by atoms with Crippen molar-refractivity contribution in [3.05, 3.63) is 35.1 Å². The summed E-state index contributed by atoms with van der Waals surface area (Å²) in [5.74, 6) is -1.10. The van der Waals surface area contributed by atoms with Gasteiger partial charge in [0.05, 0.1) is 6.54 Å². The number of nitrogens with two attached hydrogens (primary N) is 1. The van der Waals surface area contributed by atoms with Crippen LogP contribution in [0.1, 0.15) is 25.0 Å². The van der Waals surface area contributed by atoms with Crippen LogP contribution in [0.4, 0.5) is 4.39 Å². The number of hydrogen-bond acceptors (Lipinski definition) is 4. The number of benzene rings is 1. The molecular weight excluding hydrogens is 303 g/mol. The van der Waals surface area contributed by atoms with Crippen molar-refractivity contribution in [1.82, 2.24) is 4.31 Å². The van der Waals surface area contributed by atoms with Gasteiger partial charge in [-0.3, -0.25) is 4.79 Å². The molecule has 20 heavy (non-hydrogen) atoms. The van der Waals surface area contributed by atoms with Crippen molar-refractivity contribution in [2.45, 2.75) is 25.1 Å². The lowest BCUT2D eigenvalue weighted by molar-refractivity contribution is -0.132. The van der Waals surface area contributed by atoms with Crippen LogP contribution in [0.3, 0.4) is 0 Å². The molecule has 0 saturated carbocycles. The van der Waals surface area contributed by atoms with Crippen molar-refractivity contribution in [3.63, 3.8) is 0 Å². The van der Waals surface area contributed by atoms with Gasteiger partial charge in [0.15, 0.2) is 4.75 Å². The molecule has 1 aliphatic rings. The van der Waals surface area contributed by atoms with Crippen LogP contribution in [0.2, 0.25) is 0 Å². The molecule has 1 amide bonds. The lowest BCUT2D eigenvalue weighted by atomic mass is 10.1. The number of thiocarbonyl (C=S) groups is 1. The fourth-order valence-corrected chi connectivity index (χ4v) is 3.60. The quantitative estimate of drug-likeness (QED) is 0.839. The Hall–Kier alpha value is -1.54. The minimum absolute atomic E-state index is 0.00359. The molecule has 5 nitrogen and oxygen atoms in total. The van der Waals surface area contributed by atoms with Crippen molar-refractivity contribution in [2.75, 3.05) is 0 Å². The molecule has 0 spiro atoms. The number of amides is 1. The fourth-order valence-electron chi connectivity index (χ4n) is 1.96. The average molecular weight is 316 g/mol. The van der Waals surface area contributed by atoms with E-state index in [1.807, 2.05) is 0 Å². The Kier molecular flexibility index (Phi) is 3.34. The summed E-state index contributed by atoms with van der Waals surface area (Å²) in [5, 5.41) is 0. The van der Waals surface area contributed by atoms with Gasteiger partial charge in [-0.2, -0.15) is 0 Å². The number of carbonyl (C=O) groups is 1. The highest BCUT2D eigenvalue weighted by atomic mass is 32.2. The van der Waals surface area contributed by atoms with Crippen LogP contribution in [-0.4, -0.2) is 28.4 Å². The molecule has 2 N–H and O–H groups in total. The van der Waals surface area contributed by atoms with Gasteiger partial charge in [-0.25, -0.2) is 17.1 Å². The van der Waals surface area contributed by atoms with Crippen LogP contribution < -0.4 is 5.73 Å². The summed E-state index contributed by atoms with van der Waals surface area (Å²) >= 11 is 4.75. The minimum Gasteiger partial charge on any atom is -0.389 e. The van der Waals surface area contributed by atoms with Gasteiger partial charge in [-0.05, 0) is 37.6 Å². The van der Waals surface area contributed by atoms with E-state index in [0.29, 0.717) is 11.1 Å². The number of carbonyl (C=O) groups excluding carboxylic acids is 1. The molecule has 0 aromatic heterocycles. The molecule has 1 saturated heterocycles. The maximum atomic E-state index is 13.4. The first kappa shape index (κ1) is 14.9. The van der Waals surface area contributed by atoms with E-state index in [4.69, 9.17) is 18.0 Å². The Morgan fingerprint density at radius 1 is 1.40 bits per heavy atom.